The number of nitrogens with zero attached hydrogens (tertiary/aromatic N) is 1. The molecule has 3 rings (SSSR count). The van der Waals surface area contributed by atoms with Gasteiger partial charge in [0.05, 0.1) is 5.75 Å². The summed E-state index contributed by atoms with van der Waals surface area (Å²) in [5, 5.41) is 3.12. The highest BCUT2D eigenvalue weighted by atomic mass is 79.9. The average Bonchev–Trinajstić information content (AvgIpc) is 2.87. The van der Waals surface area contributed by atoms with Gasteiger partial charge in [-0.15, -0.1) is 11.8 Å². The maximum atomic E-state index is 13.7. The molecule has 0 saturated carbocycles. The van der Waals surface area contributed by atoms with Gasteiger partial charge >= 0.3 is 0 Å². The summed E-state index contributed by atoms with van der Waals surface area (Å²) < 4.78 is 1.98. The molecule has 0 aliphatic rings. The molecule has 36 heavy (non-hydrogen) atoms. The molecule has 0 saturated heterocycles. The first-order chi connectivity index (χ1) is 17.4. The second-order valence-electron chi connectivity index (χ2n) is 8.79. The van der Waals surface area contributed by atoms with Crippen molar-refractivity contribution in [1.29, 1.82) is 0 Å². The van der Waals surface area contributed by atoms with Crippen molar-refractivity contribution in [3.8, 4) is 0 Å². The number of nitrogens with one attached hydrogen (secondary N) is 1. The number of hydrogen-bond acceptors (Lipinski definition) is 3. The number of thioether (sulfide) groups is 1. The van der Waals surface area contributed by atoms with Crippen molar-refractivity contribution in [2.24, 2.45) is 0 Å². The van der Waals surface area contributed by atoms with Crippen molar-refractivity contribution < 1.29 is 9.59 Å². The van der Waals surface area contributed by atoms with E-state index in [4.69, 9.17) is 0 Å². The van der Waals surface area contributed by atoms with E-state index in [1.165, 1.54) is 0 Å². The van der Waals surface area contributed by atoms with Crippen LogP contribution in [0.15, 0.2) is 87.8 Å². The summed E-state index contributed by atoms with van der Waals surface area (Å²) >= 11 is 8.56. The number of amides is 2. The minimum atomic E-state index is -0.610. The van der Waals surface area contributed by atoms with Crippen molar-refractivity contribution >= 4 is 55.4 Å². The summed E-state index contributed by atoms with van der Waals surface area (Å²) in [4.78, 5) is 28.9. The number of halogens is 2. The van der Waals surface area contributed by atoms with Crippen molar-refractivity contribution in [3.05, 3.63) is 104 Å². The van der Waals surface area contributed by atoms with Gasteiger partial charge in [-0.25, -0.2) is 0 Å². The fourth-order valence-corrected chi connectivity index (χ4v) is 5.33. The van der Waals surface area contributed by atoms with Gasteiger partial charge in [0, 0.05) is 33.7 Å². The summed E-state index contributed by atoms with van der Waals surface area (Å²) in [7, 11) is 0. The first-order valence-corrected chi connectivity index (χ1v) is 14.8. The van der Waals surface area contributed by atoms with Gasteiger partial charge in [-0.05, 0) is 54.3 Å². The van der Waals surface area contributed by atoms with Gasteiger partial charge in [-0.1, -0.05) is 93.4 Å². The summed E-state index contributed by atoms with van der Waals surface area (Å²) in [6.07, 6.45) is 1.28. The Morgan fingerprint density at radius 3 is 2.25 bits per heavy atom. The van der Waals surface area contributed by atoms with E-state index >= 15 is 0 Å². The number of rotatable bonds is 12. The largest absolute Gasteiger partial charge is 0.352 e. The summed E-state index contributed by atoms with van der Waals surface area (Å²) in [6.45, 7) is 4.40. The predicted molar refractivity (Wildman–Crippen MR) is 157 cm³/mol. The van der Waals surface area contributed by atoms with Crippen molar-refractivity contribution in [1.82, 2.24) is 10.2 Å². The maximum absolute atomic E-state index is 13.7. The minimum Gasteiger partial charge on any atom is -0.352 e. The van der Waals surface area contributed by atoms with E-state index in [9.17, 15) is 9.59 Å². The molecule has 0 aliphatic heterocycles. The molecule has 1 N–H and O–H groups in total. The van der Waals surface area contributed by atoms with Gasteiger partial charge in [0.1, 0.15) is 6.04 Å². The van der Waals surface area contributed by atoms with Crippen LogP contribution in [0.1, 0.15) is 37.0 Å². The molecule has 0 spiro atoms. The lowest BCUT2D eigenvalue weighted by Gasteiger charge is -2.32. The van der Waals surface area contributed by atoms with Crippen LogP contribution in [0.25, 0.3) is 0 Å². The van der Waals surface area contributed by atoms with Crippen LogP contribution in [0.3, 0.4) is 0 Å². The van der Waals surface area contributed by atoms with E-state index in [2.05, 4.69) is 49.3 Å². The Bertz CT molecular complexity index is 1130. The zero-order valence-electron chi connectivity index (χ0n) is 20.6. The van der Waals surface area contributed by atoms with Crippen molar-refractivity contribution in [2.45, 2.75) is 51.1 Å². The lowest BCUT2D eigenvalue weighted by molar-refractivity contribution is -0.139. The maximum Gasteiger partial charge on any atom is 0.243 e. The zero-order chi connectivity index (χ0) is 25.9. The van der Waals surface area contributed by atoms with Gasteiger partial charge in [0.2, 0.25) is 11.8 Å². The Kier molecular flexibility index (Phi) is 11.5. The van der Waals surface area contributed by atoms with Crippen LogP contribution >= 0.6 is 43.6 Å². The Hall–Kier alpha value is -2.09. The second kappa shape index (κ2) is 14.6. The molecule has 3 aromatic rings. The third-order valence-corrected chi connectivity index (χ3v) is 7.93. The number of carbonyl (C=O) groups excluding carboxylic acids is 2. The van der Waals surface area contributed by atoms with Crippen LogP contribution in [-0.4, -0.2) is 34.6 Å². The molecule has 4 nitrogen and oxygen atoms in total. The predicted octanol–water partition coefficient (Wildman–Crippen LogP) is 7.00. The quantitative estimate of drug-likeness (QED) is 0.234. The molecular formula is C29H32Br2N2O2S. The summed E-state index contributed by atoms with van der Waals surface area (Å²) in [5.41, 5.74) is 3.16. The molecule has 0 bridgehead atoms. The molecule has 2 atom stereocenters. The van der Waals surface area contributed by atoms with Gasteiger partial charge in [0.15, 0.2) is 0 Å². The molecule has 2 amide bonds. The molecular weight excluding hydrogens is 600 g/mol. The highest BCUT2D eigenvalue weighted by molar-refractivity contribution is 9.10. The monoisotopic (exact) mass is 630 g/mol. The second-order valence-corrected chi connectivity index (χ2v) is 11.6. The number of benzene rings is 3. The van der Waals surface area contributed by atoms with E-state index in [0.717, 1.165) is 37.8 Å². The molecule has 7 heteroatoms. The Morgan fingerprint density at radius 2 is 1.58 bits per heavy atom. The van der Waals surface area contributed by atoms with Crippen LogP contribution in [0.2, 0.25) is 0 Å². The third-order valence-electron chi connectivity index (χ3n) is 5.92. The molecule has 0 unspecified atom stereocenters. The molecule has 0 aliphatic carbocycles. The van der Waals surface area contributed by atoms with E-state index in [1.54, 1.807) is 16.7 Å². The van der Waals surface area contributed by atoms with Crippen molar-refractivity contribution in [2.75, 3.05) is 5.75 Å². The topological polar surface area (TPSA) is 49.4 Å². The third kappa shape index (κ3) is 9.09. The van der Waals surface area contributed by atoms with Crippen LogP contribution in [0.5, 0.6) is 0 Å². The average molecular weight is 632 g/mol. The smallest absolute Gasteiger partial charge is 0.243 e. The first kappa shape index (κ1) is 28.5. The number of carbonyl (C=O) groups is 2. The Morgan fingerprint density at radius 1 is 0.889 bits per heavy atom. The van der Waals surface area contributed by atoms with E-state index < -0.39 is 6.04 Å². The lowest BCUT2D eigenvalue weighted by atomic mass is 10.0. The summed E-state index contributed by atoms with van der Waals surface area (Å²) in [5.74, 6) is 0.866. The van der Waals surface area contributed by atoms with Gasteiger partial charge in [-0.2, -0.15) is 0 Å². The normalized spacial score (nSPS) is 12.6. The molecule has 0 radical (unpaired) electrons. The Balaban J connectivity index is 1.85. The van der Waals surface area contributed by atoms with E-state index in [0.29, 0.717) is 18.7 Å². The summed E-state index contributed by atoms with van der Waals surface area (Å²) in [6, 6.07) is 25.4. The highest BCUT2D eigenvalue weighted by Crippen LogP contribution is 2.21. The molecule has 3 aromatic carbocycles. The lowest BCUT2D eigenvalue weighted by Crippen LogP contribution is -2.52. The van der Waals surface area contributed by atoms with Gasteiger partial charge < -0.3 is 10.2 Å². The number of hydrogen-bond donors (Lipinski definition) is 1. The van der Waals surface area contributed by atoms with Gasteiger partial charge in [0.25, 0.3) is 0 Å². The fourth-order valence-electron chi connectivity index (χ4n) is 3.75. The first-order valence-electron chi connectivity index (χ1n) is 12.1. The molecule has 0 fully saturated rings. The highest BCUT2D eigenvalue weighted by Gasteiger charge is 2.30. The van der Waals surface area contributed by atoms with Crippen molar-refractivity contribution in [3.63, 3.8) is 0 Å². The molecule has 0 aromatic heterocycles. The zero-order valence-corrected chi connectivity index (χ0v) is 24.6. The molecule has 190 valence electrons. The molecule has 0 heterocycles. The Labute approximate surface area is 235 Å². The minimum absolute atomic E-state index is 0.0328. The van der Waals surface area contributed by atoms with E-state index in [1.807, 2.05) is 80.6 Å². The SMILES string of the molecule is CC[C@@H](C)NC(=O)[C@H](Cc1ccccc1)N(Cc1cccc(Br)c1)C(=O)CSCc1ccc(Br)cc1. The van der Waals surface area contributed by atoms with Gasteiger partial charge in [-0.3, -0.25) is 9.59 Å². The standard InChI is InChI=1S/C29H32Br2N2O2S/c1-3-21(2)32-29(35)27(17-22-8-5-4-6-9-22)33(18-24-10-7-11-26(31)16-24)28(34)20-36-19-23-12-14-25(30)15-13-23/h4-16,21,27H,3,17-20H2,1-2H3,(H,32,35)/t21-,27+/m1/s1. The fraction of sp³-hybridized carbons (Fsp3) is 0.310. The van der Waals surface area contributed by atoms with Crippen LogP contribution in [-0.2, 0) is 28.3 Å². The van der Waals surface area contributed by atoms with Crippen LogP contribution in [0.4, 0.5) is 0 Å². The van der Waals surface area contributed by atoms with Crippen LogP contribution < -0.4 is 5.32 Å². The van der Waals surface area contributed by atoms with E-state index in [-0.39, 0.29) is 17.9 Å². The van der Waals surface area contributed by atoms with Crippen LogP contribution in [0, 0.1) is 0 Å².